The highest BCUT2D eigenvalue weighted by atomic mass is 32.2. The SMILES string of the molecule is Nc1nc(SCC(=O)NCCc2ccccc2)[nH]c(=O)c1N. The minimum Gasteiger partial charge on any atom is -0.391 e. The molecule has 0 radical (unpaired) electrons. The number of anilines is 2. The van der Waals surface area contributed by atoms with Crippen molar-refractivity contribution in [2.24, 2.45) is 0 Å². The second-order valence-electron chi connectivity index (χ2n) is 4.54. The number of rotatable bonds is 6. The van der Waals surface area contributed by atoms with Gasteiger partial charge in [0.2, 0.25) is 5.91 Å². The van der Waals surface area contributed by atoms with E-state index in [1.165, 1.54) is 0 Å². The van der Waals surface area contributed by atoms with Crippen molar-refractivity contribution in [2.45, 2.75) is 11.6 Å². The summed E-state index contributed by atoms with van der Waals surface area (Å²) in [5, 5.41) is 3.08. The smallest absolute Gasteiger partial charge is 0.276 e. The highest BCUT2D eigenvalue weighted by Gasteiger charge is 2.08. The average Bonchev–Trinajstić information content (AvgIpc) is 2.51. The monoisotopic (exact) mass is 319 g/mol. The van der Waals surface area contributed by atoms with Crippen LogP contribution < -0.4 is 22.3 Å². The fraction of sp³-hybridized carbons (Fsp3) is 0.214. The van der Waals surface area contributed by atoms with E-state index in [0.29, 0.717) is 6.54 Å². The third kappa shape index (κ3) is 4.52. The molecule has 0 unspecified atom stereocenters. The molecule has 6 N–H and O–H groups in total. The Bertz CT molecular complexity index is 702. The lowest BCUT2D eigenvalue weighted by Gasteiger charge is -2.06. The molecule has 116 valence electrons. The summed E-state index contributed by atoms with van der Waals surface area (Å²) in [5.41, 5.74) is 11.5. The number of aromatic nitrogens is 2. The lowest BCUT2D eigenvalue weighted by atomic mass is 10.1. The van der Waals surface area contributed by atoms with Crippen molar-refractivity contribution in [1.29, 1.82) is 0 Å². The van der Waals surface area contributed by atoms with Crippen LogP contribution in [-0.4, -0.2) is 28.2 Å². The Morgan fingerprint density at radius 1 is 1.27 bits per heavy atom. The summed E-state index contributed by atoms with van der Waals surface area (Å²) in [5.74, 6) is -0.0316. The molecule has 1 heterocycles. The second kappa shape index (κ2) is 7.51. The van der Waals surface area contributed by atoms with Gasteiger partial charge in [0, 0.05) is 6.54 Å². The molecule has 0 aliphatic carbocycles. The van der Waals surface area contributed by atoms with Gasteiger partial charge in [-0.3, -0.25) is 14.6 Å². The first kappa shape index (κ1) is 15.9. The van der Waals surface area contributed by atoms with E-state index in [1.807, 2.05) is 30.3 Å². The first-order valence-corrected chi connectivity index (χ1v) is 7.63. The maximum Gasteiger partial charge on any atom is 0.276 e. The molecule has 1 amide bonds. The largest absolute Gasteiger partial charge is 0.391 e. The van der Waals surface area contributed by atoms with E-state index in [2.05, 4.69) is 15.3 Å². The van der Waals surface area contributed by atoms with Gasteiger partial charge in [0.1, 0.15) is 5.69 Å². The third-order valence-electron chi connectivity index (χ3n) is 2.88. The summed E-state index contributed by atoms with van der Waals surface area (Å²) in [4.78, 5) is 29.5. The summed E-state index contributed by atoms with van der Waals surface area (Å²) in [6, 6.07) is 9.88. The molecule has 1 aromatic carbocycles. The van der Waals surface area contributed by atoms with E-state index in [1.54, 1.807) is 0 Å². The van der Waals surface area contributed by atoms with E-state index in [9.17, 15) is 9.59 Å². The number of amides is 1. The van der Waals surface area contributed by atoms with Crippen LogP contribution >= 0.6 is 11.8 Å². The van der Waals surface area contributed by atoms with Crippen LogP contribution in [0.3, 0.4) is 0 Å². The number of carbonyl (C=O) groups excluding carboxylic acids is 1. The van der Waals surface area contributed by atoms with Gasteiger partial charge in [-0.05, 0) is 12.0 Å². The Labute approximate surface area is 131 Å². The van der Waals surface area contributed by atoms with E-state index < -0.39 is 5.56 Å². The number of thioether (sulfide) groups is 1. The number of H-pyrrole nitrogens is 1. The van der Waals surface area contributed by atoms with E-state index in [-0.39, 0.29) is 28.3 Å². The van der Waals surface area contributed by atoms with Crippen molar-refractivity contribution in [3.8, 4) is 0 Å². The predicted octanol–water partition coefficient (Wildman–Crippen LogP) is 0.385. The quantitative estimate of drug-likeness (QED) is 0.450. The number of hydrogen-bond donors (Lipinski definition) is 4. The van der Waals surface area contributed by atoms with Gasteiger partial charge in [-0.1, -0.05) is 42.1 Å². The normalized spacial score (nSPS) is 10.4. The summed E-state index contributed by atoms with van der Waals surface area (Å²) in [6.07, 6.45) is 0.765. The molecule has 2 aromatic rings. The summed E-state index contributed by atoms with van der Waals surface area (Å²) < 4.78 is 0. The number of nitrogens with two attached hydrogens (primary N) is 2. The summed E-state index contributed by atoms with van der Waals surface area (Å²) in [7, 11) is 0. The number of hydrogen-bond acceptors (Lipinski definition) is 6. The van der Waals surface area contributed by atoms with Gasteiger partial charge < -0.3 is 16.8 Å². The van der Waals surface area contributed by atoms with Crippen molar-refractivity contribution in [3.63, 3.8) is 0 Å². The van der Waals surface area contributed by atoms with Crippen LogP contribution in [0.1, 0.15) is 5.56 Å². The Hall–Kier alpha value is -2.48. The zero-order valence-corrected chi connectivity index (χ0v) is 12.7. The summed E-state index contributed by atoms with van der Waals surface area (Å²) >= 11 is 1.10. The highest BCUT2D eigenvalue weighted by molar-refractivity contribution is 7.99. The Morgan fingerprint density at radius 3 is 2.68 bits per heavy atom. The molecule has 0 spiro atoms. The zero-order valence-electron chi connectivity index (χ0n) is 11.8. The first-order chi connectivity index (χ1) is 10.6. The first-order valence-electron chi connectivity index (χ1n) is 6.65. The maximum absolute atomic E-state index is 11.7. The number of nitrogens with zero attached hydrogens (tertiary/aromatic N) is 1. The molecule has 1 aromatic heterocycles. The topological polar surface area (TPSA) is 127 Å². The minimum atomic E-state index is -0.500. The van der Waals surface area contributed by atoms with Crippen molar-refractivity contribution in [1.82, 2.24) is 15.3 Å². The lowest BCUT2D eigenvalue weighted by molar-refractivity contribution is -0.118. The summed E-state index contributed by atoms with van der Waals surface area (Å²) in [6.45, 7) is 0.553. The number of nitrogens with one attached hydrogen (secondary N) is 2. The van der Waals surface area contributed by atoms with Gasteiger partial charge in [0.15, 0.2) is 11.0 Å². The Kier molecular flexibility index (Phi) is 5.42. The predicted molar refractivity (Wildman–Crippen MR) is 87.6 cm³/mol. The molecule has 0 saturated carbocycles. The molecule has 0 fully saturated rings. The van der Waals surface area contributed by atoms with Gasteiger partial charge in [-0.15, -0.1) is 0 Å². The molecule has 0 aliphatic rings. The Morgan fingerprint density at radius 2 is 2.00 bits per heavy atom. The molecule has 0 atom stereocenters. The average molecular weight is 319 g/mol. The molecular weight excluding hydrogens is 302 g/mol. The van der Waals surface area contributed by atoms with E-state index >= 15 is 0 Å². The van der Waals surface area contributed by atoms with Crippen molar-refractivity contribution >= 4 is 29.2 Å². The molecule has 0 bridgehead atoms. The van der Waals surface area contributed by atoms with E-state index in [4.69, 9.17) is 11.5 Å². The standard InChI is InChI=1S/C14H17N5O2S/c15-11-12(16)18-14(19-13(11)21)22-8-10(20)17-7-6-9-4-2-1-3-5-9/h1-5H,6-8,15H2,(H,17,20)(H3,16,18,19,21). The van der Waals surface area contributed by atoms with Crippen LogP contribution in [0.2, 0.25) is 0 Å². The van der Waals surface area contributed by atoms with Gasteiger partial charge in [0.05, 0.1) is 5.75 Å². The van der Waals surface area contributed by atoms with Crippen LogP contribution in [0, 0.1) is 0 Å². The van der Waals surface area contributed by atoms with Gasteiger partial charge >= 0.3 is 0 Å². The zero-order chi connectivity index (χ0) is 15.9. The van der Waals surface area contributed by atoms with E-state index in [0.717, 1.165) is 23.7 Å². The Balaban J connectivity index is 1.77. The number of aromatic amines is 1. The van der Waals surface area contributed by atoms with Crippen LogP contribution in [-0.2, 0) is 11.2 Å². The fourth-order valence-electron chi connectivity index (χ4n) is 1.72. The van der Waals surface area contributed by atoms with Crippen LogP contribution in [0.25, 0.3) is 0 Å². The maximum atomic E-state index is 11.7. The number of nitrogen functional groups attached to an aromatic ring is 2. The van der Waals surface area contributed by atoms with Crippen molar-refractivity contribution in [2.75, 3.05) is 23.8 Å². The van der Waals surface area contributed by atoms with Crippen LogP contribution in [0.5, 0.6) is 0 Å². The molecule has 22 heavy (non-hydrogen) atoms. The fourth-order valence-corrected chi connectivity index (χ4v) is 2.42. The molecule has 0 aliphatic heterocycles. The van der Waals surface area contributed by atoms with Crippen LogP contribution in [0.4, 0.5) is 11.5 Å². The van der Waals surface area contributed by atoms with Gasteiger partial charge in [-0.25, -0.2) is 4.98 Å². The number of benzene rings is 1. The number of carbonyl (C=O) groups is 1. The molecule has 7 nitrogen and oxygen atoms in total. The molecule has 2 rings (SSSR count). The van der Waals surface area contributed by atoms with Crippen molar-refractivity contribution in [3.05, 3.63) is 46.2 Å². The molecule has 8 heteroatoms. The minimum absolute atomic E-state index is 0.0317. The molecule has 0 saturated heterocycles. The molecular formula is C14H17N5O2S. The second-order valence-corrected chi connectivity index (χ2v) is 5.51. The lowest BCUT2D eigenvalue weighted by Crippen LogP contribution is -2.27. The van der Waals surface area contributed by atoms with Crippen molar-refractivity contribution < 1.29 is 4.79 Å². The van der Waals surface area contributed by atoms with Crippen LogP contribution in [0.15, 0.2) is 40.3 Å². The van der Waals surface area contributed by atoms with Gasteiger partial charge in [0.25, 0.3) is 5.56 Å². The highest BCUT2D eigenvalue weighted by Crippen LogP contribution is 2.14. The third-order valence-corrected chi connectivity index (χ3v) is 3.76. The van der Waals surface area contributed by atoms with Gasteiger partial charge in [-0.2, -0.15) is 0 Å².